The maximum Gasteiger partial charge on any atom is 0.255 e. The Morgan fingerprint density at radius 3 is 2.33 bits per heavy atom. The van der Waals surface area contributed by atoms with Gasteiger partial charge >= 0.3 is 0 Å². The van der Waals surface area contributed by atoms with Crippen LogP contribution >= 0.6 is 0 Å². The first-order chi connectivity index (χ1) is 14.4. The monoisotopic (exact) mass is 421 g/mol. The Balaban J connectivity index is 1.47. The van der Waals surface area contributed by atoms with Gasteiger partial charge in [0.1, 0.15) is 0 Å². The zero-order valence-corrected chi connectivity index (χ0v) is 17.4. The normalized spacial score (nSPS) is 13.8. The molecule has 1 aliphatic carbocycles. The largest absolute Gasteiger partial charge is 0.322 e. The lowest BCUT2D eigenvalue weighted by Crippen LogP contribution is -2.26. The summed E-state index contributed by atoms with van der Waals surface area (Å²) in [5.74, 6) is -0.335. The number of aromatic nitrogens is 1. The second-order valence-corrected chi connectivity index (χ2v) is 9.27. The maximum absolute atomic E-state index is 12.8. The number of pyridine rings is 1. The van der Waals surface area contributed by atoms with Crippen LogP contribution in [0.15, 0.2) is 71.9 Å². The molecule has 1 aliphatic rings. The molecule has 30 heavy (non-hydrogen) atoms. The molecular formula is C23H23N3O3S. The summed E-state index contributed by atoms with van der Waals surface area (Å²) in [6.07, 6.45) is 6.02. The smallest absolute Gasteiger partial charge is 0.255 e. The van der Waals surface area contributed by atoms with Crippen LogP contribution in [0.25, 0.3) is 0 Å². The SMILES string of the molecule is Cc1ccc(S(=O)(=O)NC2CC2)cc1C(=O)Nc1ccc(Cc2ccncc2)cc1. The Bertz CT molecular complexity index is 1160. The molecule has 0 unspecified atom stereocenters. The summed E-state index contributed by atoms with van der Waals surface area (Å²) < 4.78 is 27.6. The molecule has 0 radical (unpaired) electrons. The first kappa shape index (κ1) is 20.3. The van der Waals surface area contributed by atoms with E-state index in [9.17, 15) is 13.2 Å². The molecule has 1 amide bonds. The highest BCUT2D eigenvalue weighted by Crippen LogP contribution is 2.24. The number of benzene rings is 2. The van der Waals surface area contributed by atoms with E-state index in [1.165, 1.54) is 12.1 Å². The van der Waals surface area contributed by atoms with Gasteiger partial charge in [-0.1, -0.05) is 18.2 Å². The van der Waals surface area contributed by atoms with Gasteiger partial charge in [-0.15, -0.1) is 0 Å². The van der Waals surface area contributed by atoms with Crippen LogP contribution < -0.4 is 10.0 Å². The molecule has 0 atom stereocenters. The molecule has 1 saturated carbocycles. The lowest BCUT2D eigenvalue weighted by atomic mass is 10.1. The fraction of sp³-hybridized carbons (Fsp3) is 0.217. The van der Waals surface area contributed by atoms with Crippen molar-refractivity contribution in [3.8, 4) is 0 Å². The fourth-order valence-corrected chi connectivity index (χ4v) is 4.47. The molecule has 0 saturated heterocycles. The second-order valence-electron chi connectivity index (χ2n) is 7.56. The van der Waals surface area contributed by atoms with Gasteiger partial charge in [-0.25, -0.2) is 13.1 Å². The lowest BCUT2D eigenvalue weighted by Gasteiger charge is -2.11. The highest BCUT2D eigenvalue weighted by molar-refractivity contribution is 7.89. The Morgan fingerprint density at radius 2 is 1.67 bits per heavy atom. The van der Waals surface area contributed by atoms with Gasteiger partial charge in [0, 0.05) is 29.7 Å². The van der Waals surface area contributed by atoms with Gasteiger partial charge in [0.2, 0.25) is 10.0 Å². The number of aryl methyl sites for hydroxylation is 1. The molecule has 7 heteroatoms. The first-order valence-electron chi connectivity index (χ1n) is 9.83. The van der Waals surface area contributed by atoms with Gasteiger partial charge in [-0.05, 0) is 79.3 Å². The number of nitrogens with zero attached hydrogens (tertiary/aromatic N) is 1. The molecule has 0 aliphatic heterocycles. The van der Waals surface area contributed by atoms with E-state index in [-0.39, 0.29) is 16.8 Å². The summed E-state index contributed by atoms with van der Waals surface area (Å²) in [5, 5.41) is 2.86. The minimum atomic E-state index is -3.61. The minimum Gasteiger partial charge on any atom is -0.322 e. The molecule has 2 aromatic carbocycles. The average molecular weight is 422 g/mol. The number of anilines is 1. The molecule has 1 heterocycles. The summed E-state index contributed by atoms with van der Waals surface area (Å²) in [5.41, 5.74) is 3.99. The van der Waals surface area contributed by atoms with Crippen molar-refractivity contribution in [2.75, 3.05) is 5.32 Å². The number of amides is 1. The predicted molar refractivity (Wildman–Crippen MR) is 116 cm³/mol. The van der Waals surface area contributed by atoms with Gasteiger partial charge < -0.3 is 5.32 Å². The number of carbonyl (C=O) groups is 1. The van der Waals surface area contributed by atoms with Crippen LogP contribution in [0, 0.1) is 6.92 Å². The quantitative estimate of drug-likeness (QED) is 0.609. The third-order valence-corrected chi connectivity index (χ3v) is 6.55. The number of hydrogen-bond acceptors (Lipinski definition) is 4. The third-order valence-electron chi connectivity index (χ3n) is 5.03. The van der Waals surface area contributed by atoms with Crippen LogP contribution in [-0.2, 0) is 16.4 Å². The van der Waals surface area contributed by atoms with Crippen LogP contribution in [-0.4, -0.2) is 25.4 Å². The zero-order chi connectivity index (χ0) is 21.1. The molecule has 154 valence electrons. The van der Waals surface area contributed by atoms with Gasteiger partial charge in [0.25, 0.3) is 5.91 Å². The molecule has 6 nitrogen and oxygen atoms in total. The summed E-state index contributed by atoms with van der Waals surface area (Å²) in [6, 6.07) is 16.2. The zero-order valence-electron chi connectivity index (χ0n) is 16.6. The number of sulfonamides is 1. The van der Waals surface area contributed by atoms with Gasteiger partial charge in [-0.3, -0.25) is 9.78 Å². The van der Waals surface area contributed by atoms with Crippen molar-refractivity contribution in [3.63, 3.8) is 0 Å². The average Bonchev–Trinajstić information content (AvgIpc) is 3.53. The number of hydrogen-bond donors (Lipinski definition) is 2. The van der Waals surface area contributed by atoms with Crippen LogP contribution in [0.4, 0.5) is 5.69 Å². The highest BCUT2D eigenvalue weighted by Gasteiger charge is 2.28. The van der Waals surface area contributed by atoms with Crippen molar-refractivity contribution in [2.24, 2.45) is 0 Å². The number of rotatable bonds is 7. The topological polar surface area (TPSA) is 88.2 Å². The second kappa shape index (κ2) is 8.38. The molecule has 1 aromatic heterocycles. The molecule has 0 bridgehead atoms. The van der Waals surface area contributed by atoms with Crippen molar-refractivity contribution in [3.05, 3.63) is 89.2 Å². The summed E-state index contributed by atoms with van der Waals surface area (Å²) >= 11 is 0. The Morgan fingerprint density at radius 1 is 1.00 bits per heavy atom. The number of nitrogens with one attached hydrogen (secondary N) is 2. The standard InChI is InChI=1S/C23H23N3O3S/c1-16-2-9-21(30(28,29)26-20-7-8-20)15-22(16)23(27)25-19-5-3-17(4-6-19)14-18-10-12-24-13-11-18/h2-6,9-13,15,20,26H,7-8,14H2,1H3,(H,25,27). The van der Waals surface area contributed by atoms with E-state index in [1.807, 2.05) is 36.4 Å². The molecule has 2 N–H and O–H groups in total. The Hall–Kier alpha value is -3.03. The van der Waals surface area contributed by atoms with Crippen LogP contribution in [0.5, 0.6) is 0 Å². The van der Waals surface area contributed by atoms with Gasteiger partial charge in [-0.2, -0.15) is 0 Å². The summed E-state index contributed by atoms with van der Waals surface area (Å²) in [7, 11) is -3.61. The molecule has 1 fully saturated rings. The fourth-order valence-electron chi connectivity index (χ4n) is 3.14. The maximum atomic E-state index is 12.8. The molecule has 0 spiro atoms. The third kappa shape index (κ3) is 4.93. The summed E-state index contributed by atoms with van der Waals surface area (Å²) in [4.78, 5) is 16.9. The van der Waals surface area contributed by atoms with E-state index in [2.05, 4.69) is 15.0 Å². The Labute approximate surface area is 176 Å². The van der Waals surface area contributed by atoms with E-state index in [4.69, 9.17) is 0 Å². The van der Waals surface area contributed by atoms with E-state index in [1.54, 1.807) is 25.4 Å². The Kier molecular flexibility index (Phi) is 5.65. The molecule has 4 rings (SSSR count). The van der Waals surface area contributed by atoms with Crippen molar-refractivity contribution < 1.29 is 13.2 Å². The minimum absolute atomic E-state index is 0.0132. The lowest BCUT2D eigenvalue weighted by molar-refractivity contribution is 0.102. The first-order valence-corrected chi connectivity index (χ1v) is 11.3. The van der Waals surface area contributed by atoms with E-state index < -0.39 is 10.0 Å². The van der Waals surface area contributed by atoms with Crippen LogP contribution in [0.1, 0.15) is 39.9 Å². The highest BCUT2D eigenvalue weighted by atomic mass is 32.2. The summed E-state index contributed by atoms with van der Waals surface area (Å²) in [6.45, 7) is 1.79. The van der Waals surface area contributed by atoms with E-state index in [0.717, 1.165) is 30.4 Å². The predicted octanol–water partition coefficient (Wildman–Crippen LogP) is 3.67. The molecule has 3 aromatic rings. The van der Waals surface area contributed by atoms with E-state index in [0.29, 0.717) is 16.8 Å². The van der Waals surface area contributed by atoms with Crippen molar-refractivity contribution in [1.82, 2.24) is 9.71 Å². The van der Waals surface area contributed by atoms with Gasteiger partial charge in [0.05, 0.1) is 4.90 Å². The van der Waals surface area contributed by atoms with Crippen molar-refractivity contribution in [2.45, 2.75) is 37.1 Å². The van der Waals surface area contributed by atoms with Crippen molar-refractivity contribution in [1.29, 1.82) is 0 Å². The molecular weight excluding hydrogens is 398 g/mol. The number of carbonyl (C=O) groups excluding carboxylic acids is 1. The van der Waals surface area contributed by atoms with Crippen LogP contribution in [0.2, 0.25) is 0 Å². The van der Waals surface area contributed by atoms with Crippen molar-refractivity contribution >= 4 is 21.6 Å². The van der Waals surface area contributed by atoms with Gasteiger partial charge in [0.15, 0.2) is 0 Å². The van der Waals surface area contributed by atoms with Crippen LogP contribution in [0.3, 0.4) is 0 Å². The van der Waals surface area contributed by atoms with E-state index >= 15 is 0 Å².